The van der Waals surface area contributed by atoms with Crippen molar-refractivity contribution in [3.8, 4) is 11.1 Å². The van der Waals surface area contributed by atoms with Gasteiger partial charge in [0.15, 0.2) is 5.13 Å². The predicted molar refractivity (Wildman–Crippen MR) is 96.6 cm³/mol. The average Bonchev–Trinajstić information content (AvgIpc) is 3.03. The van der Waals surface area contributed by atoms with Gasteiger partial charge in [-0.3, -0.25) is 4.98 Å². The molecule has 0 aliphatic heterocycles. The lowest BCUT2D eigenvalue weighted by atomic mass is 10.1. The lowest BCUT2D eigenvalue weighted by Crippen LogP contribution is -1.97. The second-order valence-electron chi connectivity index (χ2n) is 5.40. The van der Waals surface area contributed by atoms with Crippen LogP contribution in [0, 0.1) is 5.82 Å². The fraction of sp³-hybridized carbons (Fsp3) is 0.0526. The number of benzene rings is 2. The zero-order valence-corrected chi connectivity index (χ0v) is 13.6. The van der Waals surface area contributed by atoms with Crippen LogP contribution in [-0.4, -0.2) is 9.97 Å². The average molecular weight is 335 g/mol. The van der Waals surface area contributed by atoms with Crippen LogP contribution in [0.5, 0.6) is 0 Å². The predicted octanol–water partition coefficient (Wildman–Crippen LogP) is 5.11. The summed E-state index contributed by atoms with van der Waals surface area (Å²) in [4.78, 5) is 8.38. The molecule has 2 aromatic carbocycles. The summed E-state index contributed by atoms with van der Waals surface area (Å²) < 4.78 is 14.9. The number of hydrogen-bond donors (Lipinski definition) is 1. The van der Waals surface area contributed by atoms with Gasteiger partial charge in [0.1, 0.15) is 5.82 Å². The molecule has 0 aliphatic rings. The fourth-order valence-electron chi connectivity index (χ4n) is 2.55. The molecule has 0 bridgehead atoms. The van der Waals surface area contributed by atoms with Crippen molar-refractivity contribution >= 4 is 26.7 Å². The molecular weight excluding hydrogens is 321 g/mol. The van der Waals surface area contributed by atoms with Crippen molar-refractivity contribution in [3.63, 3.8) is 0 Å². The van der Waals surface area contributed by atoms with Gasteiger partial charge in [-0.1, -0.05) is 47.7 Å². The van der Waals surface area contributed by atoms with E-state index in [4.69, 9.17) is 0 Å². The Hall–Kier alpha value is -2.79. The van der Waals surface area contributed by atoms with E-state index < -0.39 is 0 Å². The summed E-state index contributed by atoms with van der Waals surface area (Å²) in [6.07, 6.45) is 2.83. The van der Waals surface area contributed by atoms with Crippen molar-refractivity contribution in [3.05, 3.63) is 78.4 Å². The van der Waals surface area contributed by atoms with E-state index in [1.54, 1.807) is 23.6 Å². The highest BCUT2D eigenvalue weighted by Crippen LogP contribution is 2.31. The SMILES string of the molecule is Fc1cnccc1-c1ccc2nc(NCc3ccccc3)sc2c1. The first-order valence-corrected chi connectivity index (χ1v) is 8.39. The molecule has 2 aromatic heterocycles. The minimum absolute atomic E-state index is 0.316. The number of anilines is 1. The van der Waals surface area contributed by atoms with Crippen molar-refractivity contribution in [1.29, 1.82) is 0 Å². The molecule has 0 aliphatic carbocycles. The largest absolute Gasteiger partial charge is 0.357 e. The number of rotatable bonds is 4. The number of nitrogens with zero attached hydrogens (tertiary/aromatic N) is 2. The van der Waals surface area contributed by atoms with E-state index in [2.05, 4.69) is 27.4 Å². The molecule has 0 saturated heterocycles. The first-order valence-electron chi connectivity index (χ1n) is 7.58. The van der Waals surface area contributed by atoms with Gasteiger partial charge in [0.05, 0.1) is 16.4 Å². The second kappa shape index (κ2) is 6.37. The van der Waals surface area contributed by atoms with Crippen LogP contribution >= 0.6 is 11.3 Å². The monoisotopic (exact) mass is 335 g/mol. The molecule has 3 nitrogen and oxygen atoms in total. The van der Waals surface area contributed by atoms with Gasteiger partial charge in [0, 0.05) is 18.3 Å². The summed E-state index contributed by atoms with van der Waals surface area (Å²) in [7, 11) is 0. The lowest BCUT2D eigenvalue weighted by Gasteiger charge is -2.02. The molecule has 0 amide bonds. The first kappa shape index (κ1) is 14.8. The van der Waals surface area contributed by atoms with Gasteiger partial charge in [0.25, 0.3) is 0 Å². The van der Waals surface area contributed by atoms with E-state index in [9.17, 15) is 4.39 Å². The van der Waals surface area contributed by atoms with Crippen LogP contribution in [0.4, 0.5) is 9.52 Å². The summed E-state index contributed by atoms with van der Waals surface area (Å²) in [6.45, 7) is 0.729. The van der Waals surface area contributed by atoms with Crippen LogP contribution in [0.2, 0.25) is 0 Å². The molecule has 4 aromatic rings. The van der Waals surface area contributed by atoms with Gasteiger partial charge in [-0.2, -0.15) is 0 Å². The van der Waals surface area contributed by atoms with Crippen LogP contribution < -0.4 is 5.32 Å². The number of aromatic nitrogens is 2. The number of thiazole rings is 1. The van der Waals surface area contributed by atoms with Gasteiger partial charge >= 0.3 is 0 Å². The molecule has 0 unspecified atom stereocenters. The maximum atomic E-state index is 13.9. The van der Waals surface area contributed by atoms with Crippen LogP contribution in [0.3, 0.4) is 0 Å². The number of pyridine rings is 1. The number of nitrogens with one attached hydrogen (secondary N) is 1. The van der Waals surface area contributed by atoms with Gasteiger partial charge in [-0.15, -0.1) is 0 Å². The van der Waals surface area contributed by atoms with E-state index in [0.29, 0.717) is 5.56 Å². The maximum Gasteiger partial charge on any atom is 0.184 e. The topological polar surface area (TPSA) is 37.8 Å². The van der Waals surface area contributed by atoms with Crippen molar-refractivity contribution in [2.45, 2.75) is 6.54 Å². The fourth-order valence-corrected chi connectivity index (χ4v) is 3.45. The Morgan fingerprint density at radius 2 is 1.92 bits per heavy atom. The van der Waals surface area contributed by atoms with Crippen molar-refractivity contribution in [1.82, 2.24) is 9.97 Å². The number of fused-ring (bicyclic) bond motifs is 1. The van der Waals surface area contributed by atoms with Crippen molar-refractivity contribution in [2.24, 2.45) is 0 Å². The molecule has 0 spiro atoms. The molecule has 4 rings (SSSR count). The summed E-state index contributed by atoms with van der Waals surface area (Å²) in [5, 5.41) is 4.21. The Morgan fingerprint density at radius 1 is 1.04 bits per heavy atom. The standard InChI is InChI=1S/C19H14FN3S/c20-16-12-21-9-8-15(16)14-6-7-17-18(10-14)24-19(23-17)22-11-13-4-2-1-3-5-13/h1-10,12H,11H2,(H,22,23). The third-order valence-corrected chi connectivity index (χ3v) is 4.73. The molecule has 0 atom stereocenters. The van der Waals surface area contributed by atoms with E-state index in [1.165, 1.54) is 11.8 Å². The second-order valence-corrected chi connectivity index (χ2v) is 6.43. The zero-order chi connectivity index (χ0) is 16.4. The Morgan fingerprint density at radius 3 is 2.75 bits per heavy atom. The zero-order valence-electron chi connectivity index (χ0n) is 12.7. The number of hydrogen-bond acceptors (Lipinski definition) is 4. The molecule has 118 valence electrons. The van der Waals surface area contributed by atoms with Gasteiger partial charge in [0.2, 0.25) is 0 Å². The summed E-state index contributed by atoms with van der Waals surface area (Å²) in [6, 6.07) is 17.7. The number of halogens is 1. The normalized spacial score (nSPS) is 10.9. The van der Waals surface area contributed by atoms with Crippen molar-refractivity contribution in [2.75, 3.05) is 5.32 Å². The van der Waals surface area contributed by atoms with Crippen LogP contribution in [0.15, 0.2) is 67.0 Å². The Balaban J connectivity index is 1.61. The van der Waals surface area contributed by atoms with Crippen molar-refractivity contribution < 1.29 is 4.39 Å². The Kier molecular flexibility index (Phi) is 3.92. The maximum absolute atomic E-state index is 13.9. The molecule has 24 heavy (non-hydrogen) atoms. The van der Waals surface area contributed by atoms with Gasteiger partial charge < -0.3 is 5.32 Å². The minimum Gasteiger partial charge on any atom is -0.357 e. The smallest absolute Gasteiger partial charge is 0.184 e. The third-order valence-electron chi connectivity index (χ3n) is 3.76. The molecule has 2 heterocycles. The minimum atomic E-state index is -0.316. The Bertz CT molecular complexity index is 982. The van der Waals surface area contributed by atoms with Gasteiger partial charge in [-0.05, 0) is 29.3 Å². The van der Waals surface area contributed by atoms with Gasteiger partial charge in [-0.25, -0.2) is 9.37 Å². The molecule has 0 radical (unpaired) electrons. The van der Waals surface area contributed by atoms with Crippen LogP contribution in [0.1, 0.15) is 5.56 Å². The molecule has 1 N–H and O–H groups in total. The van der Waals surface area contributed by atoms with E-state index in [0.717, 1.165) is 27.5 Å². The highest BCUT2D eigenvalue weighted by molar-refractivity contribution is 7.22. The molecule has 0 fully saturated rings. The third kappa shape index (κ3) is 2.98. The van der Waals surface area contributed by atoms with E-state index in [-0.39, 0.29) is 5.82 Å². The highest BCUT2D eigenvalue weighted by atomic mass is 32.1. The summed E-state index contributed by atoms with van der Waals surface area (Å²) in [5.41, 5.74) is 3.50. The molecular formula is C19H14FN3S. The highest BCUT2D eigenvalue weighted by Gasteiger charge is 2.08. The quantitative estimate of drug-likeness (QED) is 0.563. The van der Waals surface area contributed by atoms with E-state index >= 15 is 0 Å². The van der Waals surface area contributed by atoms with Crippen LogP contribution in [0.25, 0.3) is 21.3 Å². The van der Waals surface area contributed by atoms with E-state index in [1.807, 2.05) is 36.4 Å². The molecule has 0 saturated carbocycles. The summed E-state index contributed by atoms with van der Waals surface area (Å²) in [5.74, 6) is -0.316. The Labute approximate surface area is 142 Å². The lowest BCUT2D eigenvalue weighted by molar-refractivity contribution is 0.625. The first-order chi connectivity index (χ1) is 11.8. The van der Waals surface area contributed by atoms with Crippen LogP contribution in [-0.2, 0) is 6.54 Å². The summed E-state index contributed by atoms with van der Waals surface area (Å²) >= 11 is 1.57. The molecule has 5 heteroatoms.